The van der Waals surface area contributed by atoms with Crippen LogP contribution in [0, 0.1) is 0 Å². The molecular formula is C21H27N3O4S2. The van der Waals surface area contributed by atoms with Crippen molar-refractivity contribution in [2.24, 2.45) is 0 Å². The maximum atomic E-state index is 12.9. The van der Waals surface area contributed by atoms with Gasteiger partial charge in [0.15, 0.2) is 0 Å². The third-order valence-corrected chi connectivity index (χ3v) is 8.55. The van der Waals surface area contributed by atoms with Gasteiger partial charge < -0.3 is 10.6 Å². The highest BCUT2D eigenvalue weighted by molar-refractivity contribution is 7.91. The molecule has 1 atom stereocenters. The summed E-state index contributed by atoms with van der Waals surface area (Å²) < 4.78 is 27.7. The fraction of sp³-hybridized carbons (Fsp3) is 0.429. The van der Waals surface area contributed by atoms with Crippen molar-refractivity contribution in [3.63, 3.8) is 0 Å². The normalized spacial score (nSPS) is 17.4. The Morgan fingerprint density at radius 1 is 1.13 bits per heavy atom. The Bertz CT molecular complexity index is 957. The van der Waals surface area contributed by atoms with Crippen molar-refractivity contribution in [3.8, 4) is 0 Å². The molecule has 0 bridgehead atoms. The van der Waals surface area contributed by atoms with E-state index >= 15 is 0 Å². The second-order valence-electron chi connectivity index (χ2n) is 7.25. The minimum absolute atomic E-state index is 0.184. The zero-order valence-electron chi connectivity index (χ0n) is 17.0. The van der Waals surface area contributed by atoms with E-state index in [4.69, 9.17) is 0 Å². The van der Waals surface area contributed by atoms with Crippen LogP contribution in [0.15, 0.2) is 46.0 Å². The zero-order chi connectivity index (χ0) is 21.6. The molecule has 1 aliphatic rings. The molecule has 2 aromatic rings. The summed E-state index contributed by atoms with van der Waals surface area (Å²) in [6, 6.07) is 10.5. The van der Waals surface area contributed by atoms with Crippen LogP contribution in [0.3, 0.4) is 0 Å². The molecule has 2 amide bonds. The highest BCUT2D eigenvalue weighted by Gasteiger charge is 2.33. The average molecular weight is 450 g/mol. The molecule has 9 heteroatoms. The Kier molecular flexibility index (Phi) is 7.63. The van der Waals surface area contributed by atoms with Crippen LogP contribution in [-0.2, 0) is 26.0 Å². The maximum Gasteiger partial charge on any atom is 0.313 e. The third kappa shape index (κ3) is 5.47. The third-order valence-electron chi connectivity index (χ3n) is 5.22. The minimum atomic E-state index is -3.52. The zero-order valence-corrected chi connectivity index (χ0v) is 18.6. The van der Waals surface area contributed by atoms with Crippen LogP contribution in [0.4, 0.5) is 5.69 Å². The van der Waals surface area contributed by atoms with Crippen LogP contribution in [0.1, 0.15) is 38.2 Å². The molecule has 3 rings (SSSR count). The van der Waals surface area contributed by atoms with E-state index in [1.54, 1.807) is 34.0 Å². The van der Waals surface area contributed by atoms with Gasteiger partial charge >= 0.3 is 11.8 Å². The first-order chi connectivity index (χ1) is 14.4. The molecule has 1 saturated heterocycles. The number of thiophene rings is 1. The Labute approximate surface area is 181 Å². The van der Waals surface area contributed by atoms with E-state index in [0.717, 1.165) is 31.2 Å². The Morgan fingerprint density at radius 3 is 2.57 bits per heavy atom. The molecule has 0 radical (unpaired) electrons. The number of hydrogen-bond donors (Lipinski definition) is 2. The summed E-state index contributed by atoms with van der Waals surface area (Å²) in [6.07, 6.45) is 3.89. The first-order valence-electron chi connectivity index (χ1n) is 10.1. The summed E-state index contributed by atoms with van der Waals surface area (Å²) in [5.74, 6) is -1.45. The van der Waals surface area contributed by atoms with Gasteiger partial charge in [-0.15, -0.1) is 11.3 Å². The molecule has 2 N–H and O–H groups in total. The fourth-order valence-electron chi connectivity index (χ4n) is 3.55. The Balaban J connectivity index is 1.52. The van der Waals surface area contributed by atoms with Gasteiger partial charge in [-0.2, -0.15) is 4.31 Å². The van der Waals surface area contributed by atoms with Gasteiger partial charge in [0, 0.05) is 24.8 Å². The van der Waals surface area contributed by atoms with E-state index in [-0.39, 0.29) is 12.6 Å². The lowest BCUT2D eigenvalue weighted by Crippen LogP contribution is -2.45. The van der Waals surface area contributed by atoms with Gasteiger partial charge in [0.25, 0.3) is 10.0 Å². The van der Waals surface area contributed by atoms with E-state index in [1.165, 1.54) is 11.3 Å². The summed E-state index contributed by atoms with van der Waals surface area (Å²) in [5.41, 5.74) is 1.71. The van der Waals surface area contributed by atoms with Crippen LogP contribution in [0.2, 0.25) is 0 Å². The smallest absolute Gasteiger partial charge is 0.313 e. The monoisotopic (exact) mass is 449 g/mol. The number of hydrogen-bond acceptors (Lipinski definition) is 5. The molecule has 1 aliphatic heterocycles. The quantitative estimate of drug-likeness (QED) is 0.635. The average Bonchev–Trinajstić information content (AvgIpc) is 3.30. The SMILES string of the molecule is CCc1ccc(NC(=O)C(=O)NCC[C@H]2CCCCN2S(=O)(=O)c2cccs2)cc1. The molecule has 0 aliphatic carbocycles. The minimum Gasteiger partial charge on any atom is -0.348 e. The number of nitrogens with one attached hydrogen (secondary N) is 2. The highest BCUT2D eigenvalue weighted by Crippen LogP contribution is 2.29. The van der Waals surface area contributed by atoms with Crippen molar-refractivity contribution in [1.82, 2.24) is 9.62 Å². The summed E-state index contributed by atoms with van der Waals surface area (Å²) >= 11 is 1.21. The van der Waals surface area contributed by atoms with Crippen molar-refractivity contribution in [1.29, 1.82) is 0 Å². The molecule has 0 unspecified atom stereocenters. The molecule has 0 saturated carbocycles. The van der Waals surface area contributed by atoms with Gasteiger partial charge in [-0.05, 0) is 54.8 Å². The van der Waals surface area contributed by atoms with Crippen molar-refractivity contribution < 1.29 is 18.0 Å². The highest BCUT2D eigenvalue weighted by atomic mass is 32.2. The van der Waals surface area contributed by atoms with Crippen molar-refractivity contribution in [2.45, 2.75) is 49.3 Å². The molecule has 0 spiro atoms. The van der Waals surface area contributed by atoms with Crippen LogP contribution >= 0.6 is 11.3 Å². The van der Waals surface area contributed by atoms with Gasteiger partial charge in [0.05, 0.1) is 0 Å². The van der Waals surface area contributed by atoms with Gasteiger partial charge in [-0.1, -0.05) is 31.5 Å². The summed E-state index contributed by atoms with van der Waals surface area (Å²) in [4.78, 5) is 24.2. The van der Waals surface area contributed by atoms with Crippen LogP contribution in [-0.4, -0.2) is 43.7 Å². The number of carbonyl (C=O) groups is 2. The number of rotatable bonds is 7. The predicted molar refractivity (Wildman–Crippen MR) is 118 cm³/mol. The standard InChI is InChI=1S/C21H27N3O4S2/c1-2-16-8-10-17(11-9-16)23-21(26)20(25)22-13-12-18-6-3-4-14-24(18)30(27,28)19-7-5-15-29-19/h5,7-11,15,18H,2-4,6,12-14H2,1H3,(H,22,25)(H,23,26)/t18-/m1/s1. The lowest BCUT2D eigenvalue weighted by atomic mass is 10.0. The van der Waals surface area contributed by atoms with E-state index in [0.29, 0.717) is 22.9 Å². The van der Waals surface area contributed by atoms with E-state index in [2.05, 4.69) is 10.6 Å². The number of amides is 2. The van der Waals surface area contributed by atoms with Crippen molar-refractivity contribution >= 4 is 38.9 Å². The lowest BCUT2D eigenvalue weighted by molar-refractivity contribution is -0.136. The summed E-state index contributed by atoms with van der Waals surface area (Å²) in [7, 11) is -3.52. The van der Waals surface area contributed by atoms with Crippen molar-refractivity contribution in [2.75, 3.05) is 18.4 Å². The summed E-state index contributed by atoms with van der Waals surface area (Å²) in [5, 5.41) is 6.94. The van der Waals surface area contributed by atoms with Gasteiger partial charge in [-0.25, -0.2) is 8.42 Å². The lowest BCUT2D eigenvalue weighted by Gasteiger charge is -2.34. The number of carbonyl (C=O) groups excluding carboxylic acids is 2. The van der Waals surface area contributed by atoms with Crippen molar-refractivity contribution in [3.05, 3.63) is 47.3 Å². The van der Waals surface area contributed by atoms with Crippen LogP contribution in [0.25, 0.3) is 0 Å². The van der Waals surface area contributed by atoms with Crippen LogP contribution in [0.5, 0.6) is 0 Å². The molecule has 1 aromatic carbocycles. The molecular weight excluding hydrogens is 422 g/mol. The second kappa shape index (κ2) is 10.2. The van der Waals surface area contributed by atoms with Crippen LogP contribution < -0.4 is 10.6 Å². The first kappa shape index (κ1) is 22.5. The molecule has 2 heterocycles. The molecule has 1 aromatic heterocycles. The van der Waals surface area contributed by atoms with E-state index in [9.17, 15) is 18.0 Å². The number of aryl methyl sites for hydroxylation is 1. The molecule has 7 nitrogen and oxygen atoms in total. The number of nitrogens with zero attached hydrogens (tertiary/aromatic N) is 1. The number of anilines is 1. The van der Waals surface area contributed by atoms with E-state index < -0.39 is 21.8 Å². The predicted octanol–water partition coefficient (Wildman–Crippen LogP) is 3.00. The maximum absolute atomic E-state index is 12.9. The summed E-state index contributed by atoms with van der Waals surface area (Å²) in [6.45, 7) is 2.76. The largest absolute Gasteiger partial charge is 0.348 e. The fourth-order valence-corrected chi connectivity index (χ4v) is 6.39. The van der Waals surface area contributed by atoms with Gasteiger partial charge in [-0.3, -0.25) is 9.59 Å². The Hall–Kier alpha value is -2.23. The van der Waals surface area contributed by atoms with Gasteiger partial charge in [0.1, 0.15) is 4.21 Å². The topological polar surface area (TPSA) is 95.6 Å². The molecule has 1 fully saturated rings. The number of benzene rings is 1. The number of piperidine rings is 1. The Morgan fingerprint density at radius 2 is 1.90 bits per heavy atom. The van der Waals surface area contributed by atoms with E-state index in [1.807, 2.05) is 19.1 Å². The van der Waals surface area contributed by atoms with Gasteiger partial charge in [0.2, 0.25) is 0 Å². The number of sulfonamides is 1. The second-order valence-corrected chi connectivity index (χ2v) is 10.3. The first-order valence-corrected chi connectivity index (χ1v) is 12.5. The molecule has 30 heavy (non-hydrogen) atoms. The molecule has 162 valence electrons.